The number of nitrogens with zero attached hydrogens (tertiary/aromatic N) is 2. The van der Waals surface area contributed by atoms with Crippen LogP contribution in [-0.2, 0) is 5.75 Å². The number of hydrogen-bond donors (Lipinski definition) is 1. The van der Waals surface area contributed by atoms with Gasteiger partial charge in [0.05, 0.1) is 0 Å². The van der Waals surface area contributed by atoms with Gasteiger partial charge < -0.3 is 5.32 Å². The lowest BCUT2D eigenvalue weighted by atomic mass is 10.2. The number of nitriles is 2. The SMILES string of the molecule is N#CC(C#N)=C(Nc1ccc(F)cc1)SCc1ccc(Cl)cc1. The van der Waals surface area contributed by atoms with Gasteiger partial charge in [0.25, 0.3) is 0 Å². The minimum atomic E-state index is -0.351. The minimum Gasteiger partial charge on any atom is -0.349 e. The number of halogens is 2. The number of anilines is 1. The average Bonchev–Trinajstić information content (AvgIpc) is 2.57. The van der Waals surface area contributed by atoms with Crippen molar-refractivity contribution in [3.63, 3.8) is 0 Å². The van der Waals surface area contributed by atoms with Gasteiger partial charge in [0.15, 0.2) is 5.57 Å². The number of rotatable bonds is 5. The lowest BCUT2D eigenvalue weighted by Gasteiger charge is -2.11. The lowest BCUT2D eigenvalue weighted by molar-refractivity contribution is 0.628. The zero-order valence-corrected chi connectivity index (χ0v) is 13.5. The van der Waals surface area contributed by atoms with E-state index in [1.165, 1.54) is 23.9 Å². The summed E-state index contributed by atoms with van der Waals surface area (Å²) in [4.78, 5) is 0. The van der Waals surface area contributed by atoms with Crippen molar-refractivity contribution in [2.45, 2.75) is 5.75 Å². The zero-order valence-electron chi connectivity index (χ0n) is 11.9. The predicted molar refractivity (Wildman–Crippen MR) is 91.0 cm³/mol. The van der Waals surface area contributed by atoms with E-state index >= 15 is 0 Å². The van der Waals surface area contributed by atoms with E-state index in [-0.39, 0.29) is 11.4 Å². The summed E-state index contributed by atoms with van der Waals surface area (Å²) in [6.07, 6.45) is 0. The van der Waals surface area contributed by atoms with Gasteiger partial charge in [0, 0.05) is 16.5 Å². The standard InChI is InChI=1S/C17H11ClFN3S/c18-14-3-1-12(2-4-14)11-23-17(13(9-20)10-21)22-16-7-5-15(19)6-8-16/h1-8,22H,11H2. The average molecular weight is 344 g/mol. The smallest absolute Gasteiger partial charge is 0.159 e. The lowest BCUT2D eigenvalue weighted by Crippen LogP contribution is -2.00. The molecule has 6 heteroatoms. The van der Waals surface area contributed by atoms with Crippen molar-refractivity contribution in [3.8, 4) is 12.1 Å². The summed E-state index contributed by atoms with van der Waals surface area (Å²) in [5.74, 6) is 0.212. The fourth-order valence-electron chi connectivity index (χ4n) is 1.70. The molecule has 2 aromatic carbocycles. The molecule has 0 saturated heterocycles. The maximum Gasteiger partial charge on any atom is 0.159 e. The van der Waals surface area contributed by atoms with Gasteiger partial charge in [-0.2, -0.15) is 10.5 Å². The normalized spacial score (nSPS) is 9.57. The first kappa shape index (κ1) is 16.9. The van der Waals surface area contributed by atoms with Crippen LogP contribution in [0.1, 0.15) is 5.56 Å². The Hall–Kier alpha value is -2.47. The van der Waals surface area contributed by atoms with Crippen LogP contribution < -0.4 is 5.32 Å². The van der Waals surface area contributed by atoms with Gasteiger partial charge in [0.1, 0.15) is 23.0 Å². The largest absolute Gasteiger partial charge is 0.349 e. The second-order valence-electron chi connectivity index (χ2n) is 4.47. The molecule has 0 aliphatic carbocycles. The molecule has 2 rings (SSSR count). The van der Waals surface area contributed by atoms with Crippen molar-refractivity contribution < 1.29 is 4.39 Å². The molecule has 0 aliphatic heterocycles. The van der Waals surface area contributed by atoms with Gasteiger partial charge in [-0.25, -0.2) is 4.39 Å². The van der Waals surface area contributed by atoms with E-state index in [0.29, 0.717) is 21.5 Å². The molecular formula is C17H11ClFN3S. The number of benzene rings is 2. The highest BCUT2D eigenvalue weighted by molar-refractivity contribution is 8.02. The Labute approximate surface area is 143 Å². The van der Waals surface area contributed by atoms with Gasteiger partial charge in [-0.1, -0.05) is 23.7 Å². The summed E-state index contributed by atoms with van der Waals surface area (Å²) in [7, 11) is 0. The number of hydrogen-bond acceptors (Lipinski definition) is 4. The maximum absolute atomic E-state index is 13.0. The maximum atomic E-state index is 13.0. The van der Waals surface area contributed by atoms with Crippen LogP contribution in [0.4, 0.5) is 10.1 Å². The minimum absolute atomic E-state index is 0.0201. The molecule has 3 nitrogen and oxygen atoms in total. The fraction of sp³-hybridized carbons (Fsp3) is 0.0588. The summed E-state index contributed by atoms with van der Waals surface area (Å²) in [6.45, 7) is 0. The fourth-order valence-corrected chi connectivity index (χ4v) is 2.75. The van der Waals surface area contributed by atoms with Gasteiger partial charge in [0.2, 0.25) is 0 Å². The van der Waals surface area contributed by atoms with Gasteiger partial charge in [-0.15, -0.1) is 11.8 Å². The van der Waals surface area contributed by atoms with Crippen molar-refractivity contribution >= 4 is 29.1 Å². The van der Waals surface area contributed by atoms with Crippen LogP contribution in [0, 0.1) is 28.5 Å². The molecule has 114 valence electrons. The Morgan fingerprint density at radius 3 is 2.22 bits per heavy atom. The van der Waals surface area contributed by atoms with Crippen LogP contribution in [0.15, 0.2) is 59.1 Å². The molecule has 0 fully saturated rings. The third-order valence-electron chi connectivity index (χ3n) is 2.85. The van der Waals surface area contributed by atoms with E-state index in [4.69, 9.17) is 22.1 Å². The Kier molecular flexibility index (Phi) is 6.05. The summed E-state index contributed by atoms with van der Waals surface area (Å²) in [5, 5.41) is 22.3. The molecule has 2 aromatic rings. The number of thioether (sulfide) groups is 1. The molecule has 0 aromatic heterocycles. The summed E-state index contributed by atoms with van der Waals surface area (Å²) in [5.41, 5.74) is 1.59. The topological polar surface area (TPSA) is 59.6 Å². The summed E-state index contributed by atoms with van der Waals surface area (Å²) in [6, 6.07) is 16.8. The van der Waals surface area contributed by atoms with Crippen LogP contribution in [0.3, 0.4) is 0 Å². The van der Waals surface area contributed by atoms with Gasteiger partial charge in [-0.05, 0) is 42.0 Å². The van der Waals surface area contributed by atoms with Crippen molar-refractivity contribution in [3.05, 3.63) is 75.5 Å². The highest BCUT2D eigenvalue weighted by Crippen LogP contribution is 2.26. The molecule has 0 aliphatic rings. The first-order chi connectivity index (χ1) is 11.1. The highest BCUT2D eigenvalue weighted by Gasteiger charge is 2.09. The number of allylic oxidation sites excluding steroid dienone is 1. The first-order valence-electron chi connectivity index (χ1n) is 6.56. The van der Waals surface area contributed by atoms with Crippen LogP contribution in [0.25, 0.3) is 0 Å². The molecule has 1 N–H and O–H groups in total. The van der Waals surface area contributed by atoms with Crippen LogP contribution in [0.5, 0.6) is 0 Å². The third kappa shape index (κ3) is 5.03. The van der Waals surface area contributed by atoms with E-state index in [9.17, 15) is 4.39 Å². The summed E-state index contributed by atoms with van der Waals surface area (Å²) < 4.78 is 13.0. The van der Waals surface area contributed by atoms with Crippen LogP contribution >= 0.6 is 23.4 Å². The highest BCUT2D eigenvalue weighted by atomic mass is 35.5. The van der Waals surface area contributed by atoms with Crippen LogP contribution in [0.2, 0.25) is 5.02 Å². The van der Waals surface area contributed by atoms with Crippen LogP contribution in [-0.4, -0.2) is 0 Å². The van der Waals surface area contributed by atoms with E-state index in [1.54, 1.807) is 24.3 Å². The van der Waals surface area contributed by atoms with Crippen molar-refractivity contribution in [2.24, 2.45) is 0 Å². The third-order valence-corrected chi connectivity index (χ3v) is 4.17. The first-order valence-corrected chi connectivity index (χ1v) is 7.93. The molecule has 0 spiro atoms. The Morgan fingerprint density at radius 1 is 1.04 bits per heavy atom. The van der Waals surface area contributed by atoms with Crippen molar-refractivity contribution in [1.29, 1.82) is 10.5 Å². The van der Waals surface area contributed by atoms with Gasteiger partial charge >= 0.3 is 0 Å². The predicted octanol–water partition coefficient (Wildman–Crippen LogP) is 5.08. The van der Waals surface area contributed by atoms with E-state index < -0.39 is 0 Å². The van der Waals surface area contributed by atoms with Crippen molar-refractivity contribution in [2.75, 3.05) is 5.32 Å². The zero-order chi connectivity index (χ0) is 16.7. The van der Waals surface area contributed by atoms with E-state index in [2.05, 4.69) is 5.32 Å². The van der Waals surface area contributed by atoms with E-state index in [0.717, 1.165) is 5.56 Å². The van der Waals surface area contributed by atoms with Crippen molar-refractivity contribution in [1.82, 2.24) is 0 Å². The second kappa shape index (κ2) is 8.24. The van der Waals surface area contributed by atoms with E-state index in [1.807, 2.05) is 24.3 Å². The molecule has 0 atom stereocenters. The Balaban J connectivity index is 2.17. The molecule has 0 saturated carbocycles. The Bertz CT molecular complexity index is 771. The second-order valence-corrected chi connectivity index (χ2v) is 5.90. The quantitative estimate of drug-likeness (QED) is 0.769. The molecule has 0 bridgehead atoms. The molecule has 23 heavy (non-hydrogen) atoms. The molecule has 0 amide bonds. The molecule has 0 radical (unpaired) electrons. The monoisotopic (exact) mass is 343 g/mol. The molecule has 0 heterocycles. The van der Waals surface area contributed by atoms with Gasteiger partial charge in [-0.3, -0.25) is 0 Å². The summed E-state index contributed by atoms with van der Waals surface area (Å²) >= 11 is 7.17. The molecule has 0 unspecified atom stereocenters. The Morgan fingerprint density at radius 2 is 1.65 bits per heavy atom. The number of nitrogens with one attached hydrogen (secondary N) is 1. The molecular weight excluding hydrogens is 333 g/mol.